The summed E-state index contributed by atoms with van der Waals surface area (Å²) in [6.07, 6.45) is 2.70. The standard InChI is InChI=1S/C16H24N4O/c1-2-18-16(21)14-6-3-12(17)11-15(14)20-9-7-19(8-10-20)13-4-5-13/h3,6,11,13H,2,4-5,7-10,17H2,1H3,(H,18,21). The minimum atomic E-state index is -0.0166. The van der Waals surface area contributed by atoms with E-state index in [9.17, 15) is 4.79 Å². The molecule has 1 saturated heterocycles. The van der Waals surface area contributed by atoms with Gasteiger partial charge < -0.3 is 16.0 Å². The molecule has 1 aromatic rings. The fourth-order valence-corrected chi connectivity index (χ4v) is 3.03. The number of amides is 1. The number of carbonyl (C=O) groups excluding carboxylic acids is 1. The highest BCUT2D eigenvalue weighted by Gasteiger charge is 2.31. The molecule has 0 bridgehead atoms. The molecule has 3 rings (SSSR count). The van der Waals surface area contributed by atoms with E-state index in [0.717, 1.165) is 43.5 Å². The first kappa shape index (κ1) is 14.2. The summed E-state index contributed by atoms with van der Waals surface area (Å²) in [6.45, 7) is 6.66. The number of hydrogen-bond acceptors (Lipinski definition) is 4. The fraction of sp³-hybridized carbons (Fsp3) is 0.562. The van der Waals surface area contributed by atoms with Crippen molar-refractivity contribution in [3.8, 4) is 0 Å². The number of anilines is 2. The topological polar surface area (TPSA) is 61.6 Å². The summed E-state index contributed by atoms with van der Waals surface area (Å²) in [7, 11) is 0. The third-order valence-corrected chi connectivity index (χ3v) is 4.32. The van der Waals surface area contributed by atoms with Gasteiger partial charge >= 0.3 is 0 Å². The van der Waals surface area contributed by atoms with Gasteiger partial charge in [0.15, 0.2) is 0 Å². The van der Waals surface area contributed by atoms with E-state index in [2.05, 4.69) is 15.1 Å². The van der Waals surface area contributed by atoms with Crippen LogP contribution in [0.4, 0.5) is 11.4 Å². The molecular weight excluding hydrogens is 264 g/mol. The van der Waals surface area contributed by atoms with Gasteiger partial charge in [-0.15, -0.1) is 0 Å². The van der Waals surface area contributed by atoms with Crippen LogP contribution in [0, 0.1) is 0 Å². The summed E-state index contributed by atoms with van der Waals surface area (Å²) in [4.78, 5) is 17.1. The molecule has 5 nitrogen and oxygen atoms in total. The van der Waals surface area contributed by atoms with Gasteiger partial charge in [0.1, 0.15) is 0 Å². The van der Waals surface area contributed by atoms with Crippen LogP contribution in [0.2, 0.25) is 0 Å². The zero-order chi connectivity index (χ0) is 14.8. The van der Waals surface area contributed by atoms with Crippen molar-refractivity contribution < 1.29 is 4.79 Å². The van der Waals surface area contributed by atoms with Gasteiger partial charge in [0.05, 0.1) is 11.3 Å². The maximum atomic E-state index is 12.2. The van der Waals surface area contributed by atoms with Gasteiger partial charge in [-0.25, -0.2) is 0 Å². The predicted molar refractivity (Wildman–Crippen MR) is 85.7 cm³/mol. The van der Waals surface area contributed by atoms with Crippen molar-refractivity contribution in [1.29, 1.82) is 0 Å². The van der Waals surface area contributed by atoms with Crippen LogP contribution in [-0.2, 0) is 0 Å². The Bertz CT molecular complexity index is 519. The Morgan fingerprint density at radius 3 is 2.62 bits per heavy atom. The molecule has 0 radical (unpaired) electrons. The lowest BCUT2D eigenvalue weighted by Gasteiger charge is -2.37. The number of rotatable bonds is 4. The van der Waals surface area contributed by atoms with Crippen molar-refractivity contribution in [2.24, 2.45) is 0 Å². The maximum Gasteiger partial charge on any atom is 0.253 e. The first-order chi connectivity index (χ1) is 10.2. The third kappa shape index (κ3) is 3.13. The van der Waals surface area contributed by atoms with Crippen LogP contribution in [0.15, 0.2) is 18.2 Å². The normalized spacial score (nSPS) is 19.6. The number of benzene rings is 1. The van der Waals surface area contributed by atoms with Gasteiger partial charge in [-0.3, -0.25) is 9.69 Å². The van der Waals surface area contributed by atoms with Crippen LogP contribution < -0.4 is 16.0 Å². The predicted octanol–water partition coefficient (Wildman–Crippen LogP) is 1.30. The Hall–Kier alpha value is -1.75. The number of piperazine rings is 1. The molecule has 1 aliphatic heterocycles. The second kappa shape index (κ2) is 5.93. The van der Waals surface area contributed by atoms with Gasteiger partial charge in [-0.2, -0.15) is 0 Å². The van der Waals surface area contributed by atoms with Gasteiger partial charge in [0, 0.05) is 44.5 Å². The first-order valence-electron chi connectivity index (χ1n) is 7.85. The maximum absolute atomic E-state index is 12.2. The summed E-state index contributed by atoms with van der Waals surface area (Å²) >= 11 is 0. The van der Waals surface area contributed by atoms with E-state index >= 15 is 0 Å². The molecule has 1 aromatic carbocycles. The minimum absolute atomic E-state index is 0.0166. The molecule has 1 heterocycles. The summed E-state index contributed by atoms with van der Waals surface area (Å²) < 4.78 is 0. The van der Waals surface area contributed by atoms with Crippen LogP contribution in [0.5, 0.6) is 0 Å². The lowest BCUT2D eigenvalue weighted by atomic mass is 10.1. The molecule has 5 heteroatoms. The van der Waals surface area contributed by atoms with Crippen molar-refractivity contribution in [3.05, 3.63) is 23.8 Å². The van der Waals surface area contributed by atoms with E-state index in [4.69, 9.17) is 5.73 Å². The number of carbonyl (C=O) groups is 1. The minimum Gasteiger partial charge on any atom is -0.399 e. The molecule has 21 heavy (non-hydrogen) atoms. The molecule has 114 valence electrons. The van der Waals surface area contributed by atoms with E-state index in [1.54, 1.807) is 6.07 Å². The van der Waals surface area contributed by atoms with Crippen LogP contribution in [0.25, 0.3) is 0 Å². The second-order valence-electron chi connectivity index (χ2n) is 5.89. The average molecular weight is 288 g/mol. The van der Waals surface area contributed by atoms with E-state index in [-0.39, 0.29) is 5.91 Å². The molecule has 0 spiro atoms. The molecule has 1 amide bonds. The average Bonchev–Trinajstić information content (AvgIpc) is 3.32. The van der Waals surface area contributed by atoms with Crippen molar-refractivity contribution in [1.82, 2.24) is 10.2 Å². The molecule has 0 aromatic heterocycles. The molecule has 2 aliphatic rings. The van der Waals surface area contributed by atoms with Crippen molar-refractivity contribution in [3.63, 3.8) is 0 Å². The molecule has 2 fully saturated rings. The molecule has 0 unspecified atom stereocenters. The second-order valence-corrected chi connectivity index (χ2v) is 5.89. The Morgan fingerprint density at radius 2 is 2.00 bits per heavy atom. The van der Waals surface area contributed by atoms with Gasteiger partial charge in [-0.05, 0) is 38.0 Å². The zero-order valence-corrected chi connectivity index (χ0v) is 12.6. The Morgan fingerprint density at radius 1 is 1.29 bits per heavy atom. The molecule has 3 N–H and O–H groups in total. The lowest BCUT2D eigenvalue weighted by Crippen LogP contribution is -2.47. The van der Waals surface area contributed by atoms with E-state index < -0.39 is 0 Å². The Labute approximate surface area is 126 Å². The largest absolute Gasteiger partial charge is 0.399 e. The van der Waals surface area contributed by atoms with E-state index in [1.807, 2.05) is 19.1 Å². The lowest BCUT2D eigenvalue weighted by molar-refractivity contribution is 0.0956. The summed E-state index contributed by atoms with van der Waals surface area (Å²) in [5, 5.41) is 2.88. The molecular formula is C16H24N4O. The van der Waals surface area contributed by atoms with Crippen molar-refractivity contribution >= 4 is 17.3 Å². The SMILES string of the molecule is CCNC(=O)c1ccc(N)cc1N1CCN(C2CC2)CC1. The highest BCUT2D eigenvalue weighted by Crippen LogP contribution is 2.30. The van der Waals surface area contributed by atoms with Crippen LogP contribution in [0.3, 0.4) is 0 Å². The van der Waals surface area contributed by atoms with E-state index in [1.165, 1.54) is 12.8 Å². The molecule has 0 atom stereocenters. The fourth-order valence-electron chi connectivity index (χ4n) is 3.03. The van der Waals surface area contributed by atoms with Crippen LogP contribution >= 0.6 is 0 Å². The summed E-state index contributed by atoms with van der Waals surface area (Å²) in [5.41, 5.74) is 8.33. The highest BCUT2D eigenvalue weighted by atomic mass is 16.1. The van der Waals surface area contributed by atoms with Crippen LogP contribution in [-0.4, -0.2) is 49.6 Å². The summed E-state index contributed by atoms with van der Waals surface area (Å²) in [6, 6.07) is 6.38. The van der Waals surface area contributed by atoms with Crippen LogP contribution in [0.1, 0.15) is 30.1 Å². The quantitative estimate of drug-likeness (QED) is 0.820. The first-order valence-corrected chi connectivity index (χ1v) is 7.85. The number of nitrogens with two attached hydrogens (primary N) is 1. The smallest absolute Gasteiger partial charge is 0.253 e. The van der Waals surface area contributed by atoms with E-state index in [0.29, 0.717) is 12.2 Å². The van der Waals surface area contributed by atoms with Crippen molar-refractivity contribution in [2.75, 3.05) is 43.4 Å². The Balaban J connectivity index is 1.77. The monoisotopic (exact) mass is 288 g/mol. The van der Waals surface area contributed by atoms with Gasteiger partial charge in [0.2, 0.25) is 0 Å². The summed E-state index contributed by atoms with van der Waals surface area (Å²) in [5.74, 6) is -0.0166. The molecule has 1 saturated carbocycles. The molecule has 1 aliphatic carbocycles. The third-order valence-electron chi connectivity index (χ3n) is 4.32. The highest BCUT2D eigenvalue weighted by molar-refractivity contribution is 6.00. The Kier molecular flexibility index (Phi) is 4.01. The van der Waals surface area contributed by atoms with Gasteiger partial charge in [0.25, 0.3) is 5.91 Å². The van der Waals surface area contributed by atoms with Crippen molar-refractivity contribution in [2.45, 2.75) is 25.8 Å². The number of nitrogens with zero attached hydrogens (tertiary/aromatic N) is 2. The number of hydrogen-bond donors (Lipinski definition) is 2. The van der Waals surface area contributed by atoms with Gasteiger partial charge in [-0.1, -0.05) is 0 Å². The number of nitrogens with one attached hydrogen (secondary N) is 1. The number of nitrogen functional groups attached to an aromatic ring is 1. The zero-order valence-electron chi connectivity index (χ0n) is 12.6.